The van der Waals surface area contributed by atoms with Gasteiger partial charge in [-0.3, -0.25) is 9.36 Å². The number of primary amides is 1. The number of hydrogen-bond acceptors (Lipinski definition) is 7. The second kappa shape index (κ2) is 5.73. The summed E-state index contributed by atoms with van der Waals surface area (Å²) in [7, 11) is 0. The summed E-state index contributed by atoms with van der Waals surface area (Å²) < 4.78 is 1.64. The Bertz CT molecular complexity index is 622. The Morgan fingerprint density at radius 3 is 2.62 bits per heavy atom. The number of carbonyl (C=O) groups is 1. The molecule has 0 aliphatic carbocycles. The number of rotatable bonds is 6. The summed E-state index contributed by atoms with van der Waals surface area (Å²) in [6.07, 6.45) is 4.92. The first-order valence-corrected chi connectivity index (χ1v) is 6.48. The van der Waals surface area contributed by atoms with E-state index in [2.05, 4.69) is 30.6 Å². The maximum Gasteiger partial charge on any atom is 0.242 e. The molecule has 0 aromatic carbocycles. The number of imidazole rings is 1. The molecular formula is C12H18N8O. The van der Waals surface area contributed by atoms with Gasteiger partial charge in [-0.05, 0) is 20.8 Å². The Labute approximate surface area is 122 Å². The molecule has 21 heavy (non-hydrogen) atoms. The Kier molecular flexibility index (Phi) is 4.01. The summed E-state index contributed by atoms with van der Waals surface area (Å²) in [5, 5.41) is 5.92. The Balaban J connectivity index is 2.39. The van der Waals surface area contributed by atoms with E-state index in [0.29, 0.717) is 18.4 Å². The fraction of sp³-hybridized carbons (Fsp3) is 0.417. The highest BCUT2D eigenvalue weighted by Crippen LogP contribution is 2.14. The molecule has 2 rings (SSSR count). The first-order valence-electron chi connectivity index (χ1n) is 6.48. The monoisotopic (exact) mass is 290 g/mol. The predicted octanol–water partition coefficient (Wildman–Crippen LogP) is 0.165. The minimum Gasteiger partial charge on any atom is -0.368 e. The van der Waals surface area contributed by atoms with Crippen molar-refractivity contribution >= 4 is 17.8 Å². The molecule has 9 nitrogen and oxygen atoms in total. The van der Waals surface area contributed by atoms with Crippen molar-refractivity contribution in [2.45, 2.75) is 26.3 Å². The highest BCUT2D eigenvalue weighted by molar-refractivity contribution is 5.86. The van der Waals surface area contributed by atoms with Gasteiger partial charge in [0.25, 0.3) is 0 Å². The lowest BCUT2D eigenvalue weighted by atomic mass is 10.1. The van der Waals surface area contributed by atoms with Gasteiger partial charge in [0.2, 0.25) is 23.8 Å². The van der Waals surface area contributed by atoms with E-state index in [1.807, 2.05) is 6.92 Å². The van der Waals surface area contributed by atoms with Crippen LogP contribution in [0, 0.1) is 0 Å². The van der Waals surface area contributed by atoms with Gasteiger partial charge in [-0.2, -0.15) is 15.0 Å². The molecule has 9 heteroatoms. The van der Waals surface area contributed by atoms with E-state index in [0.717, 1.165) is 0 Å². The van der Waals surface area contributed by atoms with Crippen LogP contribution in [0.1, 0.15) is 20.8 Å². The SMILES string of the molecule is CCNc1nc(NC(C)(C)C(N)=O)nc(-n2ccnc2)n1. The van der Waals surface area contributed by atoms with Crippen LogP contribution >= 0.6 is 0 Å². The Hall–Kier alpha value is -2.71. The molecular weight excluding hydrogens is 272 g/mol. The molecule has 0 saturated heterocycles. The summed E-state index contributed by atoms with van der Waals surface area (Å²) in [6, 6.07) is 0. The number of nitrogens with one attached hydrogen (secondary N) is 2. The number of amides is 1. The van der Waals surface area contributed by atoms with Gasteiger partial charge in [-0.1, -0.05) is 0 Å². The van der Waals surface area contributed by atoms with Gasteiger partial charge in [-0.25, -0.2) is 4.98 Å². The fourth-order valence-corrected chi connectivity index (χ4v) is 1.49. The number of nitrogens with zero attached hydrogens (tertiary/aromatic N) is 5. The van der Waals surface area contributed by atoms with Crippen molar-refractivity contribution in [2.75, 3.05) is 17.2 Å². The topological polar surface area (TPSA) is 124 Å². The largest absolute Gasteiger partial charge is 0.368 e. The lowest BCUT2D eigenvalue weighted by Gasteiger charge is -2.22. The van der Waals surface area contributed by atoms with E-state index in [-0.39, 0.29) is 5.95 Å². The Morgan fingerprint density at radius 2 is 2.05 bits per heavy atom. The average Bonchev–Trinajstić information content (AvgIpc) is 2.92. The summed E-state index contributed by atoms with van der Waals surface area (Å²) in [5.74, 6) is 0.547. The van der Waals surface area contributed by atoms with Crippen LogP contribution in [0.2, 0.25) is 0 Å². The lowest BCUT2D eigenvalue weighted by Crippen LogP contribution is -2.45. The van der Waals surface area contributed by atoms with Gasteiger partial charge >= 0.3 is 0 Å². The second-order valence-electron chi connectivity index (χ2n) is 4.90. The average molecular weight is 290 g/mol. The molecule has 4 N–H and O–H groups in total. The van der Waals surface area contributed by atoms with Gasteiger partial charge in [0, 0.05) is 18.9 Å². The third-order valence-electron chi connectivity index (χ3n) is 2.73. The zero-order chi connectivity index (χ0) is 15.5. The van der Waals surface area contributed by atoms with Crippen molar-refractivity contribution < 1.29 is 4.79 Å². The van der Waals surface area contributed by atoms with Crippen LogP contribution < -0.4 is 16.4 Å². The summed E-state index contributed by atoms with van der Waals surface area (Å²) in [5.41, 5.74) is 4.37. The maximum atomic E-state index is 11.4. The Morgan fingerprint density at radius 1 is 1.33 bits per heavy atom. The molecule has 0 spiro atoms. The number of nitrogens with two attached hydrogens (primary N) is 1. The maximum absolute atomic E-state index is 11.4. The van der Waals surface area contributed by atoms with Crippen molar-refractivity contribution in [1.82, 2.24) is 24.5 Å². The number of anilines is 2. The summed E-state index contributed by atoms with van der Waals surface area (Å²) in [4.78, 5) is 28.1. The molecule has 0 unspecified atom stereocenters. The summed E-state index contributed by atoms with van der Waals surface area (Å²) in [6.45, 7) is 5.90. The lowest BCUT2D eigenvalue weighted by molar-refractivity contribution is -0.121. The molecule has 0 bridgehead atoms. The van der Waals surface area contributed by atoms with Crippen LogP contribution in [-0.4, -0.2) is 42.5 Å². The van der Waals surface area contributed by atoms with Gasteiger partial charge in [0.1, 0.15) is 11.9 Å². The molecule has 1 amide bonds. The zero-order valence-electron chi connectivity index (χ0n) is 12.2. The quantitative estimate of drug-likeness (QED) is 0.692. The molecule has 0 fully saturated rings. The first kappa shape index (κ1) is 14.7. The zero-order valence-corrected chi connectivity index (χ0v) is 12.2. The molecule has 0 aliphatic heterocycles. The molecule has 0 atom stereocenters. The van der Waals surface area contributed by atoms with E-state index < -0.39 is 11.4 Å². The van der Waals surface area contributed by atoms with E-state index in [4.69, 9.17) is 5.73 Å². The van der Waals surface area contributed by atoms with E-state index in [1.54, 1.807) is 37.1 Å². The van der Waals surface area contributed by atoms with Crippen LogP contribution in [0.25, 0.3) is 5.95 Å². The standard InChI is InChI=1S/C12H18N8O/c1-4-15-9-16-10(19-12(2,3)8(13)21)18-11(17-9)20-6-5-14-7-20/h5-7H,4H2,1-3H3,(H2,13,21)(H2,15,16,17,18,19). The third-order valence-corrected chi connectivity index (χ3v) is 2.73. The normalized spacial score (nSPS) is 11.2. The molecule has 2 aromatic rings. The number of aromatic nitrogens is 5. The van der Waals surface area contributed by atoms with Crippen molar-refractivity contribution in [2.24, 2.45) is 5.73 Å². The van der Waals surface area contributed by atoms with Gasteiger partial charge in [-0.15, -0.1) is 0 Å². The molecule has 112 valence electrons. The van der Waals surface area contributed by atoms with Gasteiger partial charge in [0.15, 0.2) is 0 Å². The van der Waals surface area contributed by atoms with Crippen LogP contribution in [0.15, 0.2) is 18.7 Å². The molecule has 2 aromatic heterocycles. The minimum absolute atomic E-state index is 0.258. The highest BCUT2D eigenvalue weighted by atomic mass is 16.1. The molecule has 0 saturated carbocycles. The van der Waals surface area contributed by atoms with Gasteiger partial charge < -0.3 is 16.4 Å². The van der Waals surface area contributed by atoms with Gasteiger partial charge in [0.05, 0.1) is 0 Å². The molecule has 2 heterocycles. The highest BCUT2D eigenvalue weighted by Gasteiger charge is 2.26. The van der Waals surface area contributed by atoms with E-state index in [1.165, 1.54) is 0 Å². The predicted molar refractivity (Wildman–Crippen MR) is 78.0 cm³/mol. The summed E-state index contributed by atoms with van der Waals surface area (Å²) >= 11 is 0. The number of hydrogen-bond donors (Lipinski definition) is 3. The fourth-order valence-electron chi connectivity index (χ4n) is 1.49. The van der Waals surface area contributed by atoms with Crippen LogP contribution in [0.3, 0.4) is 0 Å². The van der Waals surface area contributed by atoms with E-state index in [9.17, 15) is 4.79 Å². The van der Waals surface area contributed by atoms with Crippen LogP contribution in [0.5, 0.6) is 0 Å². The van der Waals surface area contributed by atoms with E-state index >= 15 is 0 Å². The molecule has 0 aliphatic rings. The van der Waals surface area contributed by atoms with Crippen molar-refractivity contribution in [3.05, 3.63) is 18.7 Å². The smallest absolute Gasteiger partial charge is 0.242 e. The van der Waals surface area contributed by atoms with Crippen LogP contribution in [-0.2, 0) is 4.79 Å². The van der Waals surface area contributed by atoms with Crippen molar-refractivity contribution in [1.29, 1.82) is 0 Å². The molecule has 0 radical (unpaired) electrons. The first-order chi connectivity index (χ1) is 9.92. The van der Waals surface area contributed by atoms with Crippen molar-refractivity contribution in [3.63, 3.8) is 0 Å². The minimum atomic E-state index is -0.975. The second-order valence-corrected chi connectivity index (χ2v) is 4.90. The number of carbonyl (C=O) groups excluding carboxylic acids is 1. The third kappa shape index (κ3) is 3.44. The van der Waals surface area contributed by atoms with Crippen molar-refractivity contribution in [3.8, 4) is 5.95 Å². The van der Waals surface area contributed by atoms with Crippen LogP contribution in [0.4, 0.5) is 11.9 Å².